The monoisotopic (exact) mass is 330 g/mol. The number of carbonyl (C=O) groups is 1. The van der Waals surface area contributed by atoms with Crippen LogP contribution in [0.25, 0.3) is 0 Å². The van der Waals surface area contributed by atoms with Gasteiger partial charge in [-0.15, -0.1) is 11.3 Å². The number of hydrogen-bond acceptors (Lipinski definition) is 4. The fourth-order valence-corrected chi connectivity index (χ4v) is 3.60. The summed E-state index contributed by atoms with van der Waals surface area (Å²) in [4.78, 5) is 18.8. The fourth-order valence-electron chi connectivity index (χ4n) is 2.86. The van der Waals surface area contributed by atoms with Gasteiger partial charge in [0.25, 0.3) is 0 Å². The predicted molar refractivity (Wildman–Crippen MR) is 95.4 cm³/mol. The molecule has 1 atom stereocenters. The number of nitrogens with zero attached hydrogens (tertiary/aromatic N) is 2. The molecule has 2 N–H and O–H groups in total. The van der Waals surface area contributed by atoms with Crippen molar-refractivity contribution in [3.8, 4) is 0 Å². The Bertz CT molecular complexity index is 671. The normalized spacial score (nSPS) is 17.3. The second-order valence-electron chi connectivity index (χ2n) is 5.94. The minimum Gasteiger partial charge on any atom is -0.343 e. The molecule has 0 radical (unpaired) electrons. The quantitative estimate of drug-likeness (QED) is 0.901. The second kappa shape index (κ2) is 7.00. The highest BCUT2D eigenvalue weighted by molar-refractivity contribution is 7.13. The number of nitrogens with one attached hydrogen (secondary N) is 2. The van der Waals surface area contributed by atoms with Crippen LogP contribution in [-0.2, 0) is 0 Å². The number of benzene rings is 1. The van der Waals surface area contributed by atoms with Crippen LogP contribution < -0.4 is 15.5 Å². The summed E-state index contributed by atoms with van der Waals surface area (Å²) >= 11 is 1.65. The minimum absolute atomic E-state index is 0.153. The molecule has 5 nitrogen and oxygen atoms in total. The van der Waals surface area contributed by atoms with E-state index in [1.54, 1.807) is 11.3 Å². The molecule has 0 bridgehead atoms. The van der Waals surface area contributed by atoms with Gasteiger partial charge in [-0.2, -0.15) is 0 Å². The maximum Gasteiger partial charge on any atom is 0.319 e. The van der Waals surface area contributed by atoms with E-state index in [1.807, 2.05) is 36.7 Å². The molecule has 0 unspecified atom stereocenters. The summed E-state index contributed by atoms with van der Waals surface area (Å²) in [5.41, 5.74) is 3.23. The van der Waals surface area contributed by atoms with E-state index in [2.05, 4.69) is 27.4 Å². The lowest BCUT2D eigenvalue weighted by molar-refractivity contribution is 0.251. The topological polar surface area (TPSA) is 57.3 Å². The first-order chi connectivity index (χ1) is 11.1. The summed E-state index contributed by atoms with van der Waals surface area (Å²) in [6.07, 6.45) is 4.06. The maximum absolute atomic E-state index is 12.1. The van der Waals surface area contributed by atoms with Crippen LogP contribution in [0, 0.1) is 13.8 Å². The van der Waals surface area contributed by atoms with E-state index >= 15 is 0 Å². The van der Waals surface area contributed by atoms with E-state index in [-0.39, 0.29) is 6.03 Å². The molecule has 2 amide bonds. The molecule has 2 heterocycles. The van der Waals surface area contributed by atoms with Crippen LogP contribution in [0.1, 0.15) is 24.0 Å². The number of aryl methyl sites for hydroxylation is 2. The molecule has 1 saturated heterocycles. The molecular formula is C17H22N4OS. The van der Waals surface area contributed by atoms with Crippen LogP contribution in [0.15, 0.2) is 29.8 Å². The van der Waals surface area contributed by atoms with Gasteiger partial charge in [0.2, 0.25) is 0 Å². The third kappa shape index (κ3) is 3.82. The zero-order valence-corrected chi connectivity index (χ0v) is 14.3. The van der Waals surface area contributed by atoms with Gasteiger partial charge in [-0.25, -0.2) is 9.78 Å². The van der Waals surface area contributed by atoms with Gasteiger partial charge in [0, 0.05) is 36.4 Å². The van der Waals surface area contributed by atoms with Crippen molar-refractivity contribution in [2.45, 2.75) is 32.7 Å². The Labute approximate surface area is 140 Å². The third-order valence-corrected chi connectivity index (χ3v) is 5.11. The zero-order chi connectivity index (χ0) is 16.2. The van der Waals surface area contributed by atoms with Gasteiger partial charge in [0.1, 0.15) is 0 Å². The number of aromatic nitrogens is 1. The Morgan fingerprint density at radius 1 is 1.39 bits per heavy atom. The Kier molecular flexibility index (Phi) is 4.81. The second-order valence-corrected chi connectivity index (χ2v) is 6.81. The average molecular weight is 330 g/mol. The fraction of sp³-hybridized carbons (Fsp3) is 0.412. The van der Waals surface area contributed by atoms with Gasteiger partial charge in [-0.1, -0.05) is 6.07 Å². The van der Waals surface area contributed by atoms with Crippen molar-refractivity contribution in [3.05, 3.63) is 40.9 Å². The van der Waals surface area contributed by atoms with Crippen LogP contribution in [-0.4, -0.2) is 30.1 Å². The van der Waals surface area contributed by atoms with Crippen LogP contribution in [0.4, 0.5) is 15.6 Å². The Balaban J connectivity index is 1.53. The summed E-state index contributed by atoms with van der Waals surface area (Å²) in [6, 6.07) is 6.11. The Hall–Kier alpha value is -2.08. The minimum atomic E-state index is -0.153. The molecule has 122 valence electrons. The molecule has 0 aliphatic carbocycles. The number of thiazole rings is 1. The number of carbonyl (C=O) groups excluding carboxylic acids is 1. The van der Waals surface area contributed by atoms with E-state index in [0.29, 0.717) is 12.6 Å². The highest BCUT2D eigenvalue weighted by Crippen LogP contribution is 2.26. The molecule has 1 aromatic heterocycles. The number of anilines is 2. The molecule has 1 aliphatic rings. The summed E-state index contributed by atoms with van der Waals surface area (Å²) in [5.74, 6) is 0. The first-order valence-corrected chi connectivity index (χ1v) is 8.79. The van der Waals surface area contributed by atoms with Crippen molar-refractivity contribution >= 4 is 28.2 Å². The summed E-state index contributed by atoms with van der Waals surface area (Å²) < 4.78 is 0. The van der Waals surface area contributed by atoms with Crippen molar-refractivity contribution in [3.63, 3.8) is 0 Å². The first kappa shape index (κ1) is 15.8. The molecule has 1 aromatic carbocycles. The Morgan fingerprint density at radius 3 is 3.00 bits per heavy atom. The van der Waals surface area contributed by atoms with E-state index in [0.717, 1.165) is 30.2 Å². The van der Waals surface area contributed by atoms with Crippen molar-refractivity contribution in [2.75, 3.05) is 23.3 Å². The van der Waals surface area contributed by atoms with E-state index in [1.165, 1.54) is 11.1 Å². The third-order valence-electron chi connectivity index (χ3n) is 4.31. The highest BCUT2D eigenvalue weighted by atomic mass is 32.1. The van der Waals surface area contributed by atoms with Gasteiger partial charge >= 0.3 is 6.03 Å². The van der Waals surface area contributed by atoms with Crippen molar-refractivity contribution < 1.29 is 4.79 Å². The van der Waals surface area contributed by atoms with Gasteiger partial charge in [-0.05, 0) is 49.9 Å². The number of amides is 2. The molecular weight excluding hydrogens is 308 g/mol. The van der Waals surface area contributed by atoms with Crippen LogP contribution in [0.3, 0.4) is 0 Å². The lowest BCUT2D eigenvalue weighted by atomic mass is 10.1. The van der Waals surface area contributed by atoms with Gasteiger partial charge in [-0.3, -0.25) is 0 Å². The van der Waals surface area contributed by atoms with E-state index < -0.39 is 0 Å². The number of urea groups is 1. The first-order valence-electron chi connectivity index (χ1n) is 7.92. The Morgan fingerprint density at radius 2 is 2.26 bits per heavy atom. The SMILES string of the molecule is Cc1ccc(NC(=O)NC[C@@H]2CCCN2c2nccs2)cc1C. The van der Waals surface area contributed by atoms with Crippen LogP contribution in [0.2, 0.25) is 0 Å². The van der Waals surface area contributed by atoms with Gasteiger partial charge in [0.05, 0.1) is 0 Å². The summed E-state index contributed by atoms with van der Waals surface area (Å²) in [5, 5.41) is 8.92. The largest absolute Gasteiger partial charge is 0.343 e. The van der Waals surface area contributed by atoms with Gasteiger partial charge < -0.3 is 15.5 Å². The summed E-state index contributed by atoms with van der Waals surface area (Å²) in [7, 11) is 0. The lowest BCUT2D eigenvalue weighted by Gasteiger charge is -2.24. The number of rotatable bonds is 4. The molecule has 1 aliphatic heterocycles. The summed E-state index contributed by atoms with van der Waals surface area (Å²) in [6.45, 7) is 5.75. The number of hydrogen-bond donors (Lipinski definition) is 2. The maximum atomic E-state index is 12.1. The van der Waals surface area contributed by atoms with Crippen molar-refractivity contribution in [2.24, 2.45) is 0 Å². The van der Waals surface area contributed by atoms with Crippen LogP contribution >= 0.6 is 11.3 Å². The molecule has 23 heavy (non-hydrogen) atoms. The lowest BCUT2D eigenvalue weighted by Crippen LogP contribution is -2.41. The average Bonchev–Trinajstić information content (AvgIpc) is 3.19. The smallest absolute Gasteiger partial charge is 0.319 e. The van der Waals surface area contributed by atoms with Gasteiger partial charge in [0.15, 0.2) is 5.13 Å². The molecule has 2 aromatic rings. The van der Waals surface area contributed by atoms with E-state index in [4.69, 9.17) is 0 Å². The standard InChI is InChI=1S/C17H22N4OS/c1-12-5-6-14(10-13(12)2)20-16(22)19-11-15-4-3-8-21(15)17-18-7-9-23-17/h5-7,9-10,15H,3-4,8,11H2,1-2H3,(H2,19,20,22)/t15-/m0/s1. The molecule has 0 spiro atoms. The van der Waals surface area contributed by atoms with Crippen molar-refractivity contribution in [1.29, 1.82) is 0 Å². The molecule has 0 saturated carbocycles. The van der Waals surface area contributed by atoms with Crippen molar-refractivity contribution in [1.82, 2.24) is 10.3 Å². The van der Waals surface area contributed by atoms with E-state index in [9.17, 15) is 4.79 Å². The predicted octanol–water partition coefficient (Wildman–Crippen LogP) is 3.55. The molecule has 3 rings (SSSR count). The molecule has 1 fully saturated rings. The molecule has 6 heteroatoms. The zero-order valence-electron chi connectivity index (χ0n) is 13.5. The van der Waals surface area contributed by atoms with Crippen LogP contribution in [0.5, 0.6) is 0 Å². The highest BCUT2D eigenvalue weighted by Gasteiger charge is 2.26.